The second kappa shape index (κ2) is 4.84. The van der Waals surface area contributed by atoms with Crippen molar-refractivity contribution in [1.82, 2.24) is 10.2 Å². The molecular formula is C11H23N3O. The second-order valence-corrected chi connectivity index (χ2v) is 4.91. The van der Waals surface area contributed by atoms with Gasteiger partial charge in [0.05, 0.1) is 5.54 Å². The number of nitrogens with zero attached hydrogens (tertiary/aromatic N) is 1. The maximum Gasteiger partial charge on any atom is 0.318 e. The maximum atomic E-state index is 11.9. The summed E-state index contributed by atoms with van der Waals surface area (Å²) in [7, 11) is 0. The zero-order valence-electron chi connectivity index (χ0n) is 10.0. The molecule has 0 aliphatic carbocycles. The van der Waals surface area contributed by atoms with Gasteiger partial charge in [-0.05, 0) is 40.0 Å². The molecule has 0 aromatic carbocycles. The number of nitrogens with one attached hydrogen (secondary N) is 1. The predicted molar refractivity (Wildman–Crippen MR) is 61.7 cm³/mol. The Morgan fingerprint density at radius 1 is 1.53 bits per heavy atom. The summed E-state index contributed by atoms with van der Waals surface area (Å²) in [6.45, 7) is 7.39. The van der Waals surface area contributed by atoms with Gasteiger partial charge in [-0.2, -0.15) is 0 Å². The van der Waals surface area contributed by atoms with Crippen LogP contribution in [-0.4, -0.2) is 35.6 Å². The molecule has 4 nitrogen and oxygen atoms in total. The Bertz CT molecular complexity index is 230. The van der Waals surface area contributed by atoms with Gasteiger partial charge < -0.3 is 16.0 Å². The normalized spacial score (nSPS) is 26.9. The van der Waals surface area contributed by atoms with E-state index in [0.717, 1.165) is 19.4 Å². The molecule has 1 fully saturated rings. The minimum absolute atomic E-state index is 0.0256. The van der Waals surface area contributed by atoms with E-state index in [9.17, 15) is 4.79 Å². The molecule has 0 radical (unpaired) electrons. The molecule has 1 aliphatic rings. The first-order valence-corrected chi connectivity index (χ1v) is 5.78. The monoisotopic (exact) mass is 213 g/mol. The van der Waals surface area contributed by atoms with Crippen molar-refractivity contribution in [2.24, 2.45) is 5.73 Å². The van der Waals surface area contributed by atoms with Gasteiger partial charge in [0.2, 0.25) is 0 Å². The second-order valence-electron chi connectivity index (χ2n) is 4.91. The van der Waals surface area contributed by atoms with E-state index in [1.165, 1.54) is 6.42 Å². The lowest BCUT2D eigenvalue weighted by Crippen LogP contribution is -2.60. The number of amides is 2. The predicted octanol–water partition coefficient (Wildman–Crippen LogP) is 1.31. The van der Waals surface area contributed by atoms with Crippen LogP contribution in [0.2, 0.25) is 0 Å². The third kappa shape index (κ3) is 2.84. The summed E-state index contributed by atoms with van der Waals surface area (Å²) in [6, 6.07) is 0.208. The summed E-state index contributed by atoms with van der Waals surface area (Å²) in [6.07, 6.45) is 3.26. The van der Waals surface area contributed by atoms with Gasteiger partial charge in [-0.15, -0.1) is 0 Å². The number of hydrogen-bond acceptors (Lipinski definition) is 2. The Labute approximate surface area is 92.2 Å². The van der Waals surface area contributed by atoms with Crippen LogP contribution < -0.4 is 11.1 Å². The third-order valence-corrected chi connectivity index (χ3v) is 3.10. The number of piperidine rings is 1. The summed E-state index contributed by atoms with van der Waals surface area (Å²) in [5.74, 6) is 0. The summed E-state index contributed by atoms with van der Waals surface area (Å²) in [5.41, 5.74) is 5.62. The molecule has 15 heavy (non-hydrogen) atoms. The van der Waals surface area contributed by atoms with Crippen LogP contribution in [0.5, 0.6) is 0 Å². The van der Waals surface area contributed by atoms with E-state index in [2.05, 4.69) is 12.2 Å². The number of nitrogens with two attached hydrogens (primary N) is 1. The molecule has 88 valence electrons. The first-order valence-electron chi connectivity index (χ1n) is 5.78. The quantitative estimate of drug-likeness (QED) is 0.726. The summed E-state index contributed by atoms with van der Waals surface area (Å²) in [5, 5.41) is 2.93. The van der Waals surface area contributed by atoms with Crippen LogP contribution in [0, 0.1) is 0 Å². The van der Waals surface area contributed by atoms with Crippen molar-refractivity contribution in [2.75, 3.05) is 13.1 Å². The lowest BCUT2D eigenvalue weighted by molar-refractivity contribution is 0.0938. The van der Waals surface area contributed by atoms with Gasteiger partial charge >= 0.3 is 6.03 Å². The number of likely N-dealkylation sites (tertiary alicyclic amines) is 1. The first kappa shape index (κ1) is 12.3. The average molecular weight is 213 g/mol. The van der Waals surface area contributed by atoms with Gasteiger partial charge in [-0.25, -0.2) is 4.79 Å². The topological polar surface area (TPSA) is 58.4 Å². The van der Waals surface area contributed by atoms with Gasteiger partial charge in [0.25, 0.3) is 0 Å². The molecule has 0 aromatic heterocycles. The van der Waals surface area contributed by atoms with Crippen LogP contribution in [0.4, 0.5) is 4.79 Å². The van der Waals surface area contributed by atoms with E-state index in [1.54, 1.807) is 0 Å². The van der Waals surface area contributed by atoms with E-state index in [4.69, 9.17) is 5.73 Å². The van der Waals surface area contributed by atoms with E-state index < -0.39 is 0 Å². The lowest BCUT2D eigenvalue weighted by Gasteiger charge is -2.44. The van der Waals surface area contributed by atoms with E-state index in [0.29, 0.717) is 6.54 Å². The van der Waals surface area contributed by atoms with Crippen LogP contribution >= 0.6 is 0 Å². The minimum Gasteiger partial charge on any atom is -0.336 e. The SMILES string of the molecule is CC(C)NC(=O)N1CCCCC1(C)CN. The molecule has 1 atom stereocenters. The zero-order valence-corrected chi connectivity index (χ0v) is 10.0. The lowest BCUT2D eigenvalue weighted by atomic mass is 9.89. The average Bonchev–Trinajstić information content (AvgIpc) is 2.17. The molecule has 0 saturated carbocycles. The van der Waals surface area contributed by atoms with Crippen molar-refractivity contribution >= 4 is 6.03 Å². The summed E-state index contributed by atoms with van der Waals surface area (Å²) >= 11 is 0. The van der Waals surface area contributed by atoms with Crippen molar-refractivity contribution < 1.29 is 4.79 Å². The van der Waals surface area contributed by atoms with Crippen LogP contribution in [0.25, 0.3) is 0 Å². The Morgan fingerprint density at radius 2 is 2.20 bits per heavy atom. The Kier molecular flexibility index (Phi) is 3.97. The van der Waals surface area contributed by atoms with Gasteiger partial charge in [0, 0.05) is 19.1 Å². The number of rotatable bonds is 2. The van der Waals surface area contributed by atoms with Crippen molar-refractivity contribution in [1.29, 1.82) is 0 Å². The van der Waals surface area contributed by atoms with Gasteiger partial charge in [-0.1, -0.05) is 0 Å². The smallest absolute Gasteiger partial charge is 0.318 e. The molecule has 4 heteroatoms. The molecular weight excluding hydrogens is 190 g/mol. The van der Waals surface area contributed by atoms with E-state index >= 15 is 0 Å². The minimum atomic E-state index is -0.156. The van der Waals surface area contributed by atoms with Crippen LogP contribution in [0.1, 0.15) is 40.0 Å². The molecule has 1 rings (SSSR count). The van der Waals surface area contributed by atoms with E-state index in [1.807, 2.05) is 18.7 Å². The third-order valence-electron chi connectivity index (χ3n) is 3.10. The van der Waals surface area contributed by atoms with Gasteiger partial charge in [0.1, 0.15) is 0 Å². The van der Waals surface area contributed by atoms with Crippen LogP contribution in [0.15, 0.2) is 0 Å². The fourth-order valence-electron chi connectivity index (χ4n) is 2.06. The van der Waals surface area contributed by atoms with Crippen LogP contribution in [-0.2, 0) is 0 Å². The standard InChI is InChI=1S/C11H23N3O/c1-9(2)13-10(15)14-7-5-4-6-11(14,3)8-12/h9H,4-8,12H2,1-3H3,(H,13,15). The number of hydrogen-bond donors (Lipinski definition) is 2. The van der Waals surface area contributed by atoms with E-state index in [-0.39, 0.29) is 17.6 Å². The molecule has 1 heterocycles. The fourth-order valence-corrected chi connectivity index (χ4v) is 2.06. The highest BCUT2D eigenvalue weighted by atomic mass is 16.2. The number of carbonyl (C=O) groups excluding carboxylic acids is 1. The van der Waals surface area contributed by atoms with Crippen molar-refractivity contribution in [3.8, 4) is 0 Å². The molecule has 2 amide bonds. The largest absolute Gasteiger partial charge is 0.336 e. The molecule has 1 unspecified atom stereocenters. The van der Waals surface area contributed by atoms with Gasteiger partial charge in [0.15, 0.2) is 0 Å². The molecule has 1 saturated heterocycles. The van der Waals surface area contributed by atoms with Gasteiger partial charge in [-0.3, -0.25) is 0 Å². The number of urea groups is 1. The maximum absolute atomic E-state index is 11.9. The molecule has 0 bridgehead atoms. The number of carbonyl (C=O) groups is 1. The van der Waals surface area contributed by atoms with Crippen molar-refractivity contribution in [3.05, 3.63) is 0 Å². The summed E-state index contributed by atoms with van der Waals surface area (Å²) < 4.78 is 0. The van der Waals surface area contributed by atoms with Crippen LogP contribution in [0.3, 0.4) is 0 Å². The van der Waals surface area contributed by atoms with Crippen molar-refractivity contribution in [2.45, 2.75) is 51.6 Å². The zero-order chi connectivity index (χ0) is 11.5. The Hall–Kier alpha value is -0.770. The highest BCUT2D eigenvalue weighted by molar-refractivity contribution is 5.75. The van der Waals surface area contributed by atoms with Crippen molar-refractivity contribution in [3.63, 3.8) is 0 Å². The highest BCUT2D eigenvalue weighted by Crippen LogP contribution is 2.26. The fraction of sp³-hybridized carbons (Fsp3) is 0.909. The Morgan fingerprint density at radius 3 is 2.73 bits per heavy atom. The molecule has 1 aliphatic heterocycles. The molecule has 0 aromatic rings. The Balaban J connectivity index is 2.68. The first-order chi connectivity index (χ1) is 6.99. The highest BCUT2D eigenvalue weighted by Gasteiger charge is 2.36. The summed E-state index contributed by atoms with van der Waals surface area (Å²) in [4.78, 5) is 13.8. The molecule has 0 spiro atoms. The molecule has 3 N–H and O–H groups in total.